The van der Waals surface area contributed by atoms with Gasteiger partial charge in [0.25, 0.3) is 15.9 Å². The number of rotatable bonds is 6. The maximum atomic E-state index is 12.7. The minimum absolute atomic E-state index is 0.0127. The fourth-order valence-corrected chi connectivity index (χ4v) is 3.59. The second-order valence-electron chi connectivity index (χ2n) is 7.06. The second-order valence-corrected chi connectivity index (χ2v) is 8.71. The highest BCUT2D eigenvalue weighted by molar-refractivity contribution is 7.92. The number of carboxylic acids is 1. The van der Waals surface area contributed by atoms with E-state index in [4.69, 9.17) is 9.84 Å². The van der Waals surface area contributed by atoms with Gasteiger partial charge in [0.2, 0.25) is 0 Å². The van der Waals surface area contributed by atoms with E-state index in [-0.39, 0.29) is 27.8 Å². The van der Waals surface area contributed by atoms with Crippen molar-refractivity contribution in [3.63, 3.8) is 0 Å². The molecule has 0 spiro atoms. The highest BCUT2D eigenvalue weighted by Gasteiger charge is 2.22. The first-order valence-electron chi connectivity index (χ1n) is 8.30. The van der Waals surface area contributed by atoms with Crippen molar-refractivity contribution in [2.24, 2.45) is 0 Å². The lowest BCUT2D eigenvalue weighted by atomic mass is 10.1. The normalized spacial score (nSPS) is 11.6. The van der Waals surface area contributed by atoms with Gasteiger partial charge >= 0.3 is 5.97 Å². The van der Waals surface area contributed by atoms with Gasteiger partial charge in [-0.3, -0.25) is 9.52 Å². The number of sulfonamides is 1. The molecule has 8 nitrogen and oxygen atoms in total. The molecule has 0 aliphatic rings. The first-order valence-corrected chi connectivity index (χ1v) is 9.78. The number of aromatic carboxylic acids is 1. The van der Waals surface area contributed by atoms with Crippen LogP contribution in [0.5, 0.6) is 5.75 Å². The van der Waals surface area contributed by atoms with E-state index in [2.05, 4.69) is 10.0 Å². The molecule has 3 N–H and O–H groups in total. The van der Waals surface area contributed by atoms with Crippen molar-refractivity contribution in [1.82, 2.24) is 5.32 Å². The SMILES string of the molecule is COc1ccc(C(=O)O)cc1S(=O)(=O)Nc1ccc(C(=O)NC(C)(C)C)cc1. The van der Waals surface area contributed by atoms with Gasteiger partial charge in [0, 0.05) is 16.8 Å². The molecule has 0 heterocycles. The van der Waals surface area contributed by atoms with Crippen LogP contribution in [0, 0.1) is 0 Å². The van der Waals surface area contributed by atoms with Gasteiger partial charge in [0.1, 0.15) is 10.6 Å². The fourth-order valence-electron chi connectivity index (χ4n) is 2.33. The van der Waals surface area contributed by atoms with Crippen molar-refractivity contribution in [2.45, 2.75) is 31.2 Å². The number of nitrogens with one attached hydrogen (secondary N) is 2. The van der Waals surface area contributed by atoms with Crippen LogP contribution in [0.25, 0.3) is 0 Å². The Labute approximate surface area is 163 Å². The van der Waals surface area contributed by atoms with Gasteiger partial charge in [-0.2, -0.15) is 0 Å². The molecule has 0 radical (unpaired) electrons. The van der Waals surface area contributed by atoms with E-state index in [1.54, 1.807) is 0 Å². The second kappa shape index (κ2) is 7.89. The standard InChI is InChI=1S/C19H22N2O6S/c1-19(2,3)20-17(22)12-5-8-14(9-6-12)21-28(25,26)16-11-13(18(23)24)7-10-15(16)27-4/h5-11,21H,1-4H3,(H,20,22)(H,23,24). The molecular weight excluding hydrogens is 384 g/mol. The largest absolute Gasteiger partial charge is 0.495 e. The Balaban J connectivity index is 2.29. The zero-order chi connectivity index (χ0) is 21.1. The number of ether oxygens (including phenoxy) is 1. The smallest absolute Gasteiger partial charge is 0.335 e. The first kappa shape index (κ1) is 21.2. The number of methoxy groups -OCH3 is 1. The van der Waals surface area contributed by atoms with Crippen LogP contribution in [-0.2, 0) is 10.0 Å². The Hall–Kier alpha value is -3.07. The van der Waals surface area contributed by atoms with Crippen LogP contribution < -0.4 is 14.8 Å². The molecule has 0 bridgehead atoms. The van der Waals surface area contributed by atoms with E-state index in [9.17, 15) is 18.0 Å². The van der Waals surface area contributed by atoms with Gasteiger partial charge in [-0.25, -0.2) is 13.2 Å². The van der Waals surface area contributed by atoms with Gasteiger partial charge in [-0.05, 0) is 63.2 Å². The lowest BCUT2D eigenvalue weighted by molar-refractivity contribution is 0.0696. The number of amides is 1. The molecule has 0 aliphatic heterocycles. The fraction of sp³-hybridized carbons (Fsp3) is 0.263. The van der Waals surface area contributed by atoms with Crippen molar-refractivity contribution in [2.75, 3.05) is 11.8 Å². The van der Waals surface area contributed by atoms with E-state index in [1.165, 1.54) is 43.5 Å². The Morgan fingerprint density at radius 3 is 2.07 bits per heavy atom. The monoisotopic (exact) mass is 406 g/mol. The molecule has 2 aromatic carbocycles. The van der Waals surface area contributed by atoms with Gasteiger partial charge < -0.3 is 15.2 Å². The Morgan fingerprint density at radius 1 is 1.00 bits per heavy atom. The zero-order valence-electron chi connectivity index (χ0n) is 15.9. The quantitative estimate of drug-likeness (QED) is 0.678. The van der Waals surface area contributed by atoms with Crippen LogP contribution in [0.4, 0.5) is 5.69 Å². The predicted molar refractivity (Wildman–Crippen MR) is 104 cm³/mol. The van der Waals surface area contributed by atoms with E-state index >= 15 is 0 Å². The van der Waals surface area contributed by atoms with E-state index in [1.807, 2.05) is 20.8 Å². The summed E-state index contributed by atoms with van der Waals surface area (Å²) in [7, 11) is -2.82. The summed E-state index contributed by atoms with van der Waals surface area (Å²) in [5, 5.41) is 11.9. The van der Waals surface area contributed by atoms with Crippen molar-refractivity contribution in [3.05, 3.63) is 53.6 Å². The Morgan fingerprint density at radius 2 is 1.57 bits per heavy atom. The number of carboxylic acid groups (broad SMARTS) is 1. The van der Waals surface area contributed by atoms with Crippen LogP contribution in [0.2, 0.25) is 0 Å². The van der Waals surface area contributed by atoms with E-state index < -0.39 is 21.5 Å². The molecular formula is C19H22N2O6S. The third kappa shape index (κ3) is 5.23. The summed E-state index contributed by atoms with van der Waals surface area (Å²) < 4.78 is 32.8. The lowest BCUT2D eigenvalue weighted by Crippen LogP contribution is -2.40. The molecule has 1 amide bonds. The number of carbonyl (C=O) groups excluding carboxylic acids is 1. The summed E-state index contributed by atoms with van der Waals surface area (Å²) in [4.78, 5) is 23.0. The molecule has 2 aromatic rings. The van der Waals surface area contributed by atoms with Crippen LogP contribution in [0.3, 0.4) is 0 Å². The summed E-state index contributed by atoms with van der Waals surface area (Å²) in [6.45, 7) is 5.56. The molecule has 0 saturated heterocycles. The summed E-state index contributed by atoms with van der Waals surface area (Å²) >= 11 is 0. The van der Waals surface area contributed by atoms with Crippen LogP contribution in [0.1, 0.15) is 41.5 Å². The average molecular weight is 406 g/mol. The Bertz CT molecular complexity index is 992. The maximum Gasteiger partial charge on any atom is 0.335 e. The van der Waals surface area contributed by atoms with Crippen molar-refractivity contribution >= 4 is 27.6 Å². The molecule has 0 atom stereocenters. The number of hydrogen-bond acceptors (Lipinski definition) is 5. The van der Waals surface area contributed by atoms with E-state index in [0.717, 1.165) is 6.07 Å². The molecule has 0 fully saturated rings. The zero-order valence-corrected chi connectivity index (χ0v) is 16.8. The van der Waals surface area contributed by atoms with Gasteiger partial charge in [-0.1, -0.05) is 0 Å². The highest BCUT2D eigenvalue weighted by atomic mass is 32.2. The van der Waals surface area contributed by atoms with Crippen molar-refractivity contribution < 1.29 is 27.9 Å². The predicted octanol–water partition coefficient (Wildman–Crippen LogP) is 2.72. The summed E-state index contributed by atoms with van der Waals surface area (Å²) in [5.74, 6) is -1.52. The minimum atomic E-state index is -4.11. The summed E-state index contributed by atoms with van der Waals surface area (Å²) in [6.07, 6.45) is 0. The van der Waals surface area contributed by atoms with Crippen LogP contribution in [0.15, 0.2) is 47.4 Å². The molecule has 0 unspecified atom stereocenters. The first-order chi connectivity index (χ1) is 12.9. The lowest BCUT2D eigenvalue weighted by Gasteiger charge is -2.20. The minimum Gasteiger partial charge on any atom is -0.495 e. The third-order valence-electron chi connectivity index (χ3n) is 3.59. The molecule has 28 heavy (non-hydrogen) atoms. The van der Waals surface area contributed by atoms with Gasteiger partial charge in [-0.15, -0.1) is 0 Å². The maximum absolute atomic E-state index is 12.7. The molecule has 0 saturated carbocycles. The molecule has 0 aliphatic carbocycles. The number of carbonyl (C=O) groups is 2. The van der Waals surface area contributed by atoms with Crippen LogP contribution in [-0.4, -0.2) is 38.0 Å². The molecule has 2 rings (SSSR count). The van der Waals surface area contributed by atoms with Gasteiger partial charge in [0.15, 0.2) is 0 Å². The molecule has 9 heteroatoms. The number of benzene rings is 2. The summed E-state index contributed by atoms with van der Waals surface area (Å²) in [6, 6.07) is 9.42. The average Bonchev–Trinajstić information content (AvgIpc) is 2.59. The van der Waals surface area contributed by atoms with Crippen molar-refractivity contribution in [3.8, 4) is 5.75 Å². The number of anilines is 1. The highest BCUT2D eigenvalue weighted by Crippen LogP contribution is 2.27. The molecule has 0 aromatic heterocycles. The van der Waals surface area contributed by atoms with Crippen molar-refractivity contribution in [1.29, 1.82) is 0 Å². The van der Waals surface area contributed by atoms with Gasteiger partial charge in [0.05, 0.1) is 12.7 Å². The van der Waals surface area contributed by atoms with Crippen LogP contribution >= 0.6 is 0 Å². The van der Waals surface area contributed by atoms with E-state index in [0.29, 0.717) is 5.56 Å². The topological polar surface area (TPSA) is 122 Å². The third-order valence-corrected chi connectivity index (χ3v) is 4.99. The molecule has 150 valence electrons. The Kier molecular flexibility index (Phi) is 5.98. The number of hydrogen-bond donors (Lipinski definition) is 3. The summed E-state index contributed by atoms with van der Waals surface area (Å²) in [5.41, 5.74) is 0.0112.